The summed E-state index contributed by atoms with van der Waals surface area (Å²) >= 11 is 0. The second kappa shape index (κ2) is 4.70. The maximum Gasteiger partial charge on any atom is 0.140 e. The second-order valence-electron chi connectivity index (χ2n) is 9.52. The van der Waals surface area contributed by atoms with Gasteiger partial charge in [0.1, 0.15) is 5.78 Å². The number of carbonyl (C=O) groups is 1. The summed E-state index contributed by atoms with van der Waals surface area (Å²) < 4.78 is 0. The smallest absolute Gasteiger partial charge is 0.140 e. The Morgan fingerprint density at radius 2 is 2.04 bits per heavy atom. The maximum atomic E-state index is 13.3. The first-order valence-electron chi connectivity index (χ1n) is 9.27. The van der Waals surface area contributed by atoms with Crippen LogP contribution in [-0.2, 0) is 4.79 Å². The highest BCUT2D eigenvalue weighted by Gasteiger charge is 2.69. The van der Waals surface area contributed by atoms with Crippen molar-refractivity contribution >= 4 is 5.78 Å². The molecule has 4 rings (SSSR count). The molecule has 0 aliphatic heterocycles. The summed E-state index contributed by atoms with van der Waals surface area (Å²) in [7, 11) is 0. The fourth-order valence-electron chi connectivity index (χ4n) is 7.39. The van der Waals surface area contributed by atoms with E-state index in [4.69, 9.17) is 0 Å². The van der Waals surface area contributed by atoms with Gasteiger partial charge in [0.2, 0.25) is 0 Å². The molecule has 4 aliphatic rings. The third-order valence-corrected chi connectivity index (χ3v) is 8.35. The van der Waals surface area contributed by atoms with Gasteiger partial charge >= 0.3 is 0 Å². The molecule has 0 unspecified atom stereocenters. The van der Waals surface area contributed by atoms with E-state index in [1.807, 2.05) is 0 Å². The normalized spacial score (nSPS) is 55.5. The summed E-state index contributed by atoms with van der Waals surface area (Å²) in [5, 5.41) is 21.0. The van der Waals surface area contributed by atoms with Gasteiger partial charge in [0.05, 0.1) is 6.10 Å². The van der Waals surface area contributed by atoms with E-state index in [1.165, 1.54) is 5.57 Å². The van der Waals surface area contributed by atoms with Crippen molar-refractivity contribution in [1.29, 1.82) is 0 Å². The van der Waals surface area contributed by atoms with E-state index < -0.39 is 6.10 Å². The van der Waals surface area contributed by atoms with Gasteiger partial charge in [-0.1, -0.05) is 32.4 Å². The zero-order chi connectivity index (χ0) is 16.6. The third-order valence-electron chi connectivity index (χ3n) is 8.35. The zero-order valence-electron chi connectivity index (χ0n) is 14.5. The molecule has 3 nitrogen and oxygen atoms in total. The van der Waals surface area contributed by atoms with Gasteiger partial charge in [-0.05, 0) is 54.8 Å². The van der Waals surface area contributed by atoms with Crippen LogP contribution in [0.2, 0.25) is 0 Å². The first-order valence-corrected chi connectivity index (χ1v) is 9.27. The van der Waals surface area contributed by atoms with Crippen molar-refractivity contribution in [2.24, 2.45) is 34.0 Å². The molecule has 2 N–H and O–H groups in total. The molecule has 0 aromatic rings. The molecule has 1 spiro atoms. The predicted octanol–water partition coefficient (Wildman–Crippen LogP) is 3.10. The molecule has 0 heterocycles. The summed E-state index contributed by atoms with van der Waals surface area (Å²) in [4.78, 5) is 13.3. The van der Waals surface area contributed by atoms with Crippen LogP contribution in [0.15, 0.2) is 12.2 Å². The van der Waals surface area contributed by atoms with E-state index in [0.717, 1.165) is 38.5 Å². The first-order chi connectivity index (χ1) is 10.8. The van der Waals surface area contributed by atoms with Crippen LogP contribution in [0.1, 0.15) is 58.8 Å². The number of ketones is 1. The van der Waals surface area contributed by atoms with Crippen LogP contribution in [0.5, 0.6) is 0 Å². The highest BCUT2D eigenvalue weighted by atomic mass is 16.3. The van der Waals surface area contributed by atoms with E-state index in [2.05, 4.69) is 20.4 Å². The molecule has 4 fully saturated rings. The van der Waals surface area contributed by atoms with Crippen molar-refractivity contribution in [3.63, 3.8) is 0 Å². The minimum atomic E-state index is -0.397. The molecule has 7 atom stereocenters. The Balaban J connectivity index is 1.84. The minimum absolute atomic E-state index is 0.0430. The van der Waals surface area contributed by atoms with Gasteiger partial charge in [-0.3, -0.25) is 4.79 Å². The summed E-state index contributed by atoms with van der Waals surface area (Å²) in [6.07, 6.45) is 5.80. The summed E-state index contributed by atoms with van der Waals surface area (Å²) in [5.74, 6) is 0.909. The fourth-order valence-corrected chi connectivity index (χ4v) is 7.39. The Morgan fingerprint density at radius 1 is 1.30 bits per heavy atom. The molecule has 0 aromatic heterocycles. The molecule has 3 heteroatoms. The quantitative estimate of drug-likeness (QED) is 0.731. The highest BCUT2D eigenvalue weighted by molar-refractivity contribution is 5.88. The average molecular weight is 318 g/mol. The van der Waals surface area contributed by atoms with Gasteiger partial charge in [0, 0.05) is 24.4 Å². The fraction of sp³-hybridized carbons (Fsp3) is 0.850. The van der Waals surface area contributed by atoms with Crippen molar-refractivity contribution in [3.8, 4) is 0 Å². The number of hydrogen-bond donors (Lipinski definition) is 2. The Labute approximate surface area is 139 Å². The SMILES string of the molecule is C=C1C[C@]23C[C@H]1C[C@H](O)[C@H]2[C@]1(C)CCC[C@](C)(CO)[C@H]1CC3=O. The van der Waals surface area contributed by atoms with Crippen molar-refractivity contribution in [2.75, 3.05) is 6.61 Å². The lowest BCUT2D eigenvalue weighted by Crippen LogP contribution is -2.64. The Bertz CT molecular complexity index is 569. The molecule has 0 amide bonds. The Hall–Kier alpha value is -0.670. The van der Waals surface area contributed by atoms with E-state index in [0.29, 0.717) is 18.1 Å². The summed E-state index contributed by atoms with van der Waals surface area (Å²) in [6.45, 7) is 8.81. The van der Waals surface area contributed by atoms with Gasteiger partial charge < -0.3 is 10.2 Å². The van der Waals surface area contributed by atoms with E-state index >= 15 is 0 Å². The van der Waals surface area contributed by atoms with Gasteiger partial charge in [0.25, 0.3) is 0 Å². The molecule has 0 saturated heterocycles. The number of rotatable bonds is 1. The van der Waals surface area contributed by atoms with Crippen LogP contribution in [0.25, 0.3) is 0 Å². The monoisotopic (exact) mass is 318 g/mol. The van der Waals surface area contributed by atoms with Gasteiger partial charge in [-0.25, -0.2) is 0 Å². The van der Waals surface area contributed by atoms with Crippen LogP contribution >= 0.6 is 0 Å². The lowest BCUT2D eigenvalue weighted by molar-refractivity contribution is -0.196. The van der Waals surface area contributed by atoms with Crippen molar-refractivity contribution in [1.82, 2.24) is 0 Å². The van der Waals surface area contributed by atoms with Crippen molar-refractivity contribution < 1.29 is 15.0 Å². The lowest BCUT2D eigenvalue weighted by Gasteiger charge is -2.64. The van der Waals surface area contributed by atoms with Crippen molar-refractivity contribution in [2.45, 2.75) is 64.9 Å². The minimum Gasteiger partial charge on any atom is -0.396 e. The number of carbonyl (C=O) groups excluding carboxylic acids is 1. The van der Waals surface area contributed by atoms with Crippen LogP contribution in [0.3, 0.4) is 0 Å². The largest absolute Gasteiger partial charge is 0.396 e. The van der Waals surface area contributed by atoms with Crippen LogP contribution < -0.4 is 0 Å². The zero-order valence-corrected chi connectivity index (χ0v) is 14.5. The van der Waals surface area contributed by atoms with Crippen LogP contribution in [0.4, 0.5) is 0 Å². The van der Waals surface area contributed by atoms with E-state index in [1.54, 1.807) is 0 Å². The first kappa shape index (κ1) is 15.8. The van der Waals surface area contributed by atoms with Gasteiger partial charge in [-0.2, -0.15) is 0 Å². The lowest BCUT2D eigenvalue weighted by atomic mass is 9.40. The number of Topliss-reactive ketones (excluding diaryl/α,β-unsaturated/α-hetero) is 1. The number of aliphatic hydroxyl groups excluding tert-OH is 2. The molecular weight excluding hydrogens is 288 g/mol. The average Bonchev–Trinajstić information content (AvgIpc) is 2.74. The predicted molar refractivity (Wildman–Crippen MR) is 88.7 cm³/mol. The van der Waals surface area contributed by atoms with Gasteiger partial charge in [-0.15, -0.1) is 0 Å². The molecule has 4 aliphatic carbocycles. The van der Waals surface area contributed by atoms with Crippen LogP contribution in [0, 0.1) is 34.0 Å². The topological polar surface area (TPSA) is 57.5 Å². The molecular formula is C20H30O3. The Kier molecular flexibility index (Phi) is 3.23. The number of aliphatic hydroxyl groups is 2. The molecule has 0 aromatic carbocycles. The number of hydrogen-bond acceptors (Lipinski definition) is 3. The van der Waals surface area contributed by atoms with Crippen molar-refractivity contribution in [3.05, 3.63) is 12.2 Å². The second-order valence-corrected chi connectivity index (χ2v) is 9.52. The molecule has 23 heavy (non-hydrogen) atoms. The third kappa shape index (κ3) is 1.81. The molecule has 4 saturated carbocycles. The summed E-state index contributed by atoms with van der Waals surface area (Å²) in [5.41, 5.74) is 0.593. The molecule has 128 valence electrons. The molecule has 0 radical (unpaired) electrons. The maximum absolute atomic E-state index is 13.3. The van der Waals surface area contributed by atoms with Crippen LogP contribution in [-0.4, -0.2) is 28.7 Å². The standard InChI is InChI=1S/C20H30O3/c1-12-9-20-10-13(12)7-14(22)17(20)19(3)6-4-5-18(2,11-21)15(19)8-16(20)23/h13-15,17,21-22H,1,4-11H2,2-3H3/t13-,14+,15-,17+,18-,19-,20-/m1/s1. The highest BCUT2D eigenvalue weighted by Crippen LogP contribution is 2.70. The molecule has 2 bridgehead atoms. The van der Waals surface area contributed by atoms with Gasteiger partial charge in [0.15, 0.2) is 0 Å². The summed E-state index contributed by atoms with van der Waals surface area (Å²) in [6, 6.07) is 0. The number of fused-ring (bicyclic) bond motifs is 3. The van der Waals surface area contributed by atoms with E-state index in [-0.39, 0.29) is 34.7 Å². The van der Waals surface area contributed by atoms with E-state index in [9.17, 15) is 15.0 Å². The Morgan fingerprint density at radius 3 is 2.74 bits per heavy atom. The number of allylic oxidation sites excluding steroid dienone is 1.